The number of hydrogen-bond donors (Lipinski definition) is 3. The van der Waals surface area contributed by atoms with E-state index < -0.39 is 5.97 Å². The molecule has 0 aromatic carbocycles. The zero-order chi connectivity index (χ0) is 12.7. The lowest BCUT2D eigenvalue weighted by Crippen LogP contribution is -2.24. The number of carbonyl (C=O) groups is 2. The van der Waals surface area contributed by atoms with E-state index in [0.717, 1.165) is 0 Å². The van der Waals surface area contributed by atoms with Crippen LogP contribution in [-0.2, 0) is 11.3 Å². The Morgan fingerprint density at radius 2 is 2.12 bits per heavy atom. The second-order valence-electron chi connectivity index (χ2n) is 3.58. The predicted octanol–water partition coefficient (Wildman–Crippen LogP) is 0.723. The van der Waals surface area contributed by atoms with Crippen molar-refractivity contribution in [1.29, 1.82) is 0 Å². The third-order valence-corrected chi connectivity index (χ3v) is 2.19. The van der Waals surface area contributed by atoms with Gasteiger partial charge in [0.05, 0.1) is 6.54 Å². The Bertz CT molecular complexity index is 387. The molecule has 17 heavy (non-hydrogen) atoms. The van der Waals surface area contributed by atoms with Gasteiger partial charge in [-0.15, -0.1) is 0 Å². The number of rotatable bonds is 7. The Kier molecular flexibility index (Phi) is 5.22. The smallest absolute Gasteiger partial charge is 0.303 e. The third kappa shape index (κ3) is 4.69. The van der Waals surface area contributed by atoms with Crippen molar-refractivity contribution in [2.75, 3.05) is 6.54 Å². The summed E-state index contributed by atoms with van der Waals surface area (Å²) in [5, 5.41) is 11.1. The van der Waals surface area contributed by atoms with E-state index in [0.29, 0.717) is 25.1 Å². The molecule has 0 saturated carbocycles. The van der Waals surface area contributed by atoms with Crippen molar-refractivity contribution in [3.8, 4) is 0 Å². The maximum Gasteiger partial charge on any atom is 0.303 e. The topological polar surface area (TPSA) is 106 Å². The van der Waals surface area contributed by atoms with Crippen LogP contribution >= 0.6 is 0 Å². The minimum Gasteiger partial charge on any atom is -0.481 e. The van der Waals surface area contributed by atoms with E-state index in [2.05, 4.69) is 5.32 Å². The van der Waals surface area contributed by atoms with Crippen LogP contribution in [0.3, 0.4) is 0 Å². The lowest BCUT2D eigenvalue weighted by Gasteiger charge is -2.01. The van der Waals surface area contributed by atoms with E-state index in [9.17, 15) is 9.59 Å². The van der Waals surface area contributed by atoms with E-state index in [1.54, 1.807) is 12.1 Å². The number of furan rings is 1. The first-order valence-electron chi connectivity index (χ1n) is 5.42. The van der Waals surface area contributed by atoms with Gasteiger partial charge in [-0.3, -0.25) is 9.59 Å². The number of nitrogens with one attached hydrogen (secondary N) is 1. The zero-order valence-corrected chi connectivity index (χ0v) is 9.44. The van der Waals surface area contributed by atoms with Crippen molar-refractivity contribution in [2.24, 2.45) is 5.73 Å². The van der Waals surface area contributed by atoms with E-state index in [-0.39, 0.29) is 24.6 Å². The van der Waals surface area contributed by atoms with Crippen LogP contribution in [0.15, 0.2) is 16.5 Å². The molecule has 1 aromatic heterocycles. The Labute approximate surface area is 98.8 Å². The summed E-state index contributed by atoms with van der Waals surface area (Å²) >= 11 is 0. The second kappa shape index (κ2) is 6.70. The van der Waals surface area contributed by atoms with Crippen LogP contribution < -0.4 is 11.1 Å². The number of hydrogen-bond acceptors (Lipinski definition) is 4. The molecule has 0 fully saturated rings. The fourth-order valence-electron chi connectivity index (χ4n) is 1.30. The monoisotopic (exact) mass is 240 g/mol. The van der Waals surface area contributed by atoms with Gasteiger partial charge in [-0.05, 0) is 25.0 Å². The van der Waals surface area contributed by atoms with Gasteiger partial charge in [-0.25, -0.2) is 0 Å². The van der Waals surface area contributed by atoms with Gasteiger partial charge in [-0.1, -0.05) is 0 Å². The fraction of sp³-hybridized carbons (Fsp3) is 0.455. The van der Waals surface area contributed by atoms with E-state index in [4.69, 9.17) is 15.3 Å². The highest BCUT2D eigenvalue weighted by Crippen LogP contribution is 2.06. The highest BCUT2D eigenvalue weighted by Gasteiger charge is 2.09. The fourth-order valence-corrected chi connectivity index (χ4v) is 1.30. The molecule has 1 amide bonds. The van der Waals surface area contributed by atoms with Gasteiger partial charge in [0.2, 0.25) is 0 Å². The number of aliphatic carboxylic acids is 1. The molecule has 4 N–H and O–H groups in total. The minimum atomic E-state index is -0.824. The lowest BCUT2D eigenvalue weighted by molar-refractivity contribution is -0.137. The van der Waals surface area contributed by atoms with Crippen molar-refractivity contribution in [3.63, 3.8) is 0 Å². The average molecular weight is 240 g/mol. The summed E-state index contributed by atoms with van der Waals surface area (Å²) in [4.78, 5) is 21.7. The minimum absolute atomic E-state index is 0.119. The highest BCUT2D eigenvalue weighted by atomic mass is 16.4. The van der Waals surface area contributed by atoms with Crippen molar-refractivity contribution < 1.29 is 19.1 Å². The molecule has 0 bridgehead atoms. The van der Waals surface area contributed by atoms with Crippen molar-refractivity contribution in [1.82, 2.24) is 5.32 Å². The number of carboxylic acids is 1. The van der Waals surface area contributed by atoms with Gasteiger partial charge in [-0.2, -0.15) is 0 Å². The summed E-state index contributed by atoms with van der Waals surface area (Å²) in [5.41, 5.74) is 5.35. The van der Waals surface area contributed by atoms with Crippen LogP contribution in [0.1, 0.15) is 35.6 Å². The summed E-state index contributed by atoms with van der Waals surface area (Å²) in [6, 6.07) is 3.22. The molecule has 0 aliphatic heterocycles. The number of nitrogens with two attached hydrogens (primary N) is 1. The lowest BCUT2D eigenvalue weighted by atomic mass is 10.2. The SMILES string of the molecule is NCc1ccc(C(=O)NCCCCC(=O)O)o1. The zero-order valence-electron chi connectivity index (χ0n) is 9.44. The van der Waals surface area contributed by atoms with Crippen LogP contribution in [0.25, 0.3) is 0 Å². The van der Waals surface area contributed by atoms with Crippen LogP contribution in [0.2, 0.25) is 0 Å². The standard InChI is InChI=1S/C11H16N2O4/c12-7-8-4-5-9(17-8)11(16)13-6-2-1-3-10(14)15/h4-5H,1-3,6-7,12H2,(H,13,16)(H,14,15). The molecule has 1 aromatic rings. The number of carboxylic acid groups (broad SMARTS) is 1. The van der Waals surface area contributed by atoms with E-state index in [1.165, 1.54) is 0 Å². The third-order valence-electron chi connectivity index (χ3n) is 2.19. The number of amides is 1. The molecule has 0 radical (unpaired) electrons. The number of carbonyl (C=O) groups excluding carboxylic acids is 1. The van der Waals surface area contributed by atoms with Crippen LogP contribution in [0.5, 0.6) is 0 Å². The Morgan fingerprint density at radius 1 is 1.35 bits per heavy atom. The van der Waals surface area contributed by atoms with Crippen molar-refractivity contribution >= 4 is 11.9 Å². The van der Waals surface area contributed by atoms with Crippen molar-refractivity contribution in [3.05, 3.63) is 23.7 Å². The summed E-state index contributed by atoms with van der Waals surface area (Å²) in [5.74, 6) is -0.348. The molecule has 0 aliphatic rings. The van der Waals surface area contributed by atoms with E-state index >= 15 is 0 Å². The summed E-state index contributed by atoms with van der Waals surface area (Å²) in [6.07, 6.45) is 1.29. The molecule has 94 valence electrons. The first kappa shape index (κ1) is 13.2. The molecule has 6 nitrogen and oxygen atoms in total. The Morgan fingerprint density at radius 3 is 2.71 bits per heavy atom. The normalized spacial score (nSPS) is 10.2. The van der Waals surface area contributed by atoms with Gasteiger partial charge in [0.1, 0.15) is 5.76 Å². The van der Waals surface area contributed by atoms with Gasteiger partial charge >= 0.3 is 5.97 Å². The predicted molar refractivity (Wildman–Crippen MR) is 60.4 cm³/mol. The van der Waals surface area contributed by atoms with Gasteiger partial charge in [0, 0.05) is 13.0 Å². The summed E-state index contributed by atoms with van der Waals surface area (Å²) in [6.45, 7) is 0.691. The molecular formula is C11H16N2O4. The Hall–Kier alpha value is -1.82. The Balaban J connectivity index is 2.23. The number of unbranched alkanes of at least 4 members (excludes halogenated alkanes) is 1. The molecule has 0 unspecified atom stereocenters. The maximum absolute atomic E-state index is 11.5. The summed E-state index contributed by atoms with van der Waals surface area (Å²) in [7, 11) is 0. The molecule has 0 spiro atoms. The van der Waals surface area contributed by atoms with Crippen LogP contribution in [0, 0.1) is 0 Å². The molecule has 0 saturated heterocycles. The van der Waals surface area contributed by atoms with E-state index in [1.807, 2.05) is 0 Å². The molecule has 0 aliphatic carbocycles. The quantitative estimate of drug-likeness (QED) is 0.609. The van der Waals surface area contributed by atoms with Gasteiger partial charge in [0.15, 0.2) is 5.76 Å². The molecule has 1 heterocycles. The maximum atomic E-state index is 11.5. The first-order chi connectivity index (χ1) is 8.13. The van der Waals surface area contributed by atoms with Gasteiger partial charge < -0.3 is 20.6 Å². The average Bonchev–Trinajstić information content (AvgIpc) is 2.76. The second-order valence-corrected chi connectivity index (χ2v) is 3.58. The molecule has 1 rings (SSSR count). The summed E-state index contributed by atoms with van der Waals surface area (Å²) < 4.78 is 5.16. The largest absolute Gasteiger partial charge is 0.481 e. The molecule has 0 atom stereocenters. The van der Waals surface area contributed by atoms with Crippen LogP contribution in [-0.4, -0.2) is 23.5 Å². The first-order valence-corrected chi connectivity index (χ1v) is 5.42. The van der Waals surface area contributed by atoms with Gasteiger partial charge in [0.25, 0.3) is 5.91 Å². The molecular weight excluding hydrogens is 224 g/mol. The highest BCUT2D eigenvalue weighted by molar-refractivity contribution is 5.91. The van der Waals surface area contributed by atoms with Crippen molar-refractivity contribution in [2.45, 2.75) is 25.8 Å². The van der Waals surface area contributed by atoms with Crippen LogP contribution in [0.4, 0.5) is 0 Å². The molecule has 6 heteroatoms.